The zero-order chi connectivity index (χ0) is 30.6. The van der Waals surface area contributed by atoms with Crippen molar-refractivity contribution in [2.75, 3.05) is 26.8 Å². The van der Waals surface area contributed by atoms with Crippen LogP contribution >= 0.6 is 0 Å². The molecule has 1 heterocycles. The Labute approximate surface area is 253 Å². The molecule has 2 aromatic carbocycles. The van der Waals surface area contributed by atoms with E-state index in [9.17, 15) is 9.59 Å². The van der Waals surface area contributed by atoms with Crippen molar-refractivity contribution in [3.05, 3.63) is 71.8 Å². The molecule has 0 radical (unpaired) electrons. The molecule has 42 heavy (non-hydrogen) atoms. The second kappa shape index (κ2) is 15.9. The Hall–Kier alpha value is -2.35. The first kappa shape index (κ1) is 34.1. The van der Waals surface area contributed by atoms with Crippen LogP contribution in [0.4, 0.5) is 4.79 Å². The summed E-state index contributed by atoms with van der Waals surface area (Å²) in [5.41, 5.74) is 0.573. The minimum Gasteiger partial charge on any atom is -0.356 e. The van der Waals surface area contributed by atoms with Gasteiger partial charge in [-0.25, -0.2) is 4.79 Å². The van der Waals surface area contributed by atoms with E-state index in [-0.39, 0.29) is 26.4 Å². The summed E-state index contributed by atoms with van der Waals surface area (Å²) in [4.78, 5) is 26.9. The maximum absolute atomic E-state index is 13.8. The summed E-state index contributed by atoms with van der Waals surface area (Å²) >= 11 is 0. The van der Waals surface area contributed by atoms with Crippen molar-refractivity contribution in [1.82, 2.24) is 10.6 Å². The second-order valence-corrected chi connectivity index (χ2v) is 24.9. The molecule has 1 aliphatic rings. The lowest BCUT2D eigenvalue weighted by atomic mass is 9.83. The summed E-state index contributed by atoms with van der Waals surface area (Å²) in [5.74, 6) is -0.510. The number of hydrogen-bond acceptors (Lipinski definition) is 6. The van der Waals surface area contributed by atoms with E-state index in [2.05, 4.69) is 49.9 Å². The maximum Gasteiger partial charge on any atom is 0.321 e. The van der Waals surface area contributed by atoms with E-state index in [1.807, 2.05) is 60.7 Å². The molecule has 3 rings (SSSR count). The monoisotopic (exact) mass is 614 g/mol. The fourth-order valence-electron chi connectivity index (χ4n) is 4.72. The number of nitrogens with one attached hydrogen (secondary N) is 2. The standard InChI is InChI=1S/C32H50N2O6Si2/c1-41(2,3)19-17-37-24-39-29-23-32(22-27-15-11-8-12-16-27,40-25-38-18-20-42(4,5)6)30(35)34-31(36)33-28(29)21-26-13-9-7-10-14-26/h7-16,28-29H,17-25H2,1-6H3,(H2,33,34,35,36). The minimum absolute atomic E-state index is 0.0604. The Morgan fingerprint density at radius 1 is 0.786 bits per heavy atom. The smallest absolute Gasteiger partial charge is 0.321 e. The van der Waals surface area contributed by atoms with Crippen LogP contribution in [0.25, 0.3) is 0 Å². The largest absolute Gasteiger partial charge is 0.356 e. The first-order valence-electron chi connectivity index (χ1n) is 15.0. The lowest BCUT2D eigenvalue weighted by Gasteiger charge is -2.40. The van der Waals surface area contributed by atoms with E-state index in [4.69, 9.17) is 18.9 Å². The van der Waals surface area contributed by atoms with Crippen LogP contribution in [0.2, 0.25) is 51.4 Å². The van der Waals surface area contributed by atoms with Crippen molar-refractivity contribution in [3.8, 4) is 0 Å². The summed E-state index contributed by atoms with van der Waals surface area (Å²) in [5, 5.41) is 5.52. The first-order valence-corrected chi connectivity index (χ1v) is 22.4. The molecular weight excluding hydrogens is 565 g/mol. The Morgan fingerprint density at radius 3 is 1.90 bits per heavy atom. The quantitative estimate of drug-likeness (QED) is 0.140. The van der Waals surface area contributed by atoms with Gasteiger partial charge in [0.15, 0.2) is 5.60 Å². The Kier molecular flexibility index (Phi) is 13.0. The second-order valence-electron chi connectivity index (χ2n) is 13.6. The predicted molar refractivity (Wildman–Crippen MR) is 172 cm³/mol. The molecule has 1 aliphatic heterocycles. The van der Waals surface area contributed by atoms with Crippen molar-refractivity contribution in [3.63, 3.8) is 0 Å². The van der Waals surface area contributed by atoms with E-state index in [1.54, 1.807) is 0 Å². The fourth-order valence-corrected chi connectivity index (χ4v) is 6.23. The molecule has 0 saturated carbocycles. The highest BCUT2D eigenvalue weighted by molar-refractivity contribution is 6.76. The van der Waals surface area contributed by atoms with Crippen molar-refractivity contribution in [2.24, 2.45) is 0 Å². The van der Waals surface area contributed by atoms with Crippen LogP contribution in [-0.4, -0.2) is 72.6 Å². The summed E-state index contributed by atoms with van der Waals surface area (Å²) < 4.78 is 24.5. The van der Waals surface area contributed by atoms with Gasteiger partial charge in [-0.15, -0.1) is 0 Å². The fraction of sp³-hybridized carbons (Fsp3) is 0.562. The van der Waals surface area contributed by atoms with Crippen molar-refractivity contribution < 1.29 is 28.5 Å². The third-order valence-corrected chi connectivity index (χ3v) is 10.8. The average Bonchev–Trinajstić information content (AvgIpc) is 2.91. The number of carbonyl (C=O) groups is 2. The lowest BCUT2D eigenvalue weighted by Crippen LogP contribution is -2.63. The van der Waals surface area contributed by atoms with Gasteiger partial charge in [-0.2, -0.15) is 0 Å². The molecule has 3 atom stereocenters. The third kappa shape index (κ3) is 12.1. The molecule has 232 valence electrons. The molecule has 1 fully saturated rings. The van der Waals surface area contributed by atoms with E-state index >= 15 is 0 Å². The molecule has 0 aliphatic carbocycles. The summed E-state index contributed by atoms with van der Waals surface area (Å²) in [6.45, 7) is 14.9. The average molecular weight is 615 g/mol. The molecule has 0 spiro atoms. The van der Waals surface area contributed by atoms with E-state index < -0.39 is 45.8 Å². The number of ether oxygens (including phenoxy) is 4. The normalized spacial score (nSPS) is 21.8. The molecule has 10 heteroatoms. The summed E-state index contributed by atoms with van der Waals surface area (Å²) in [6, 6.07) is 20.6. The van der Waals surface area contributed by atoms with E-state index in [0.717, 1.165) is 23.2 Å². The number of benzene rings is 2. The molecule has 2 aromatic rings. The number of amides is 3. The van der Waals surface area contributed by atoms with Crippen LogP contribution in [0.15, 0.2) is 60.7 Å². The maximum atomic E-state index is 13.8. The number of rotatable bonds is 16. The van der Waals surface area contributed by atoms with Gasteiger partial charge >= 0.3 is 6.03 Å². The zero-order valence-corrected chi connectivity index (χ0v) is 28.2. The summed E-state index contributed by atoms with van der Waals surface area (Å²) in [7, 11) is -2.57. The van der Waals surface area contributed by atoms with Crippen molar-refractivity contribution in [1.29, 1.82) is 0 Å². The number of imide groups is 1. The summed E-state index contributed by atoms with van der Waals surface area (Å²) in [6.07, 6.45) is 0.438. The molecule has 3 unspecified atom stereocenters. The molecule has 8 nitrogen and oxygen atoms in total. The molecule has 0 aromatic heterocycles. The topological polar surface area (TPSA) is 95.1 Å². The van der Waals surface area contributed by atoms with Gasteiger partial charge in [0, 0.05) is 42.2 Å². The molecular formula is C32H50N2O6Si2. The number of hydrogen-bond donors (Lipinski definition) is 2. The highest BCUT2D eigenvalue weighted by atomic mass is 28.3. The predicted octanol–water partition coefficient (Wildman–Crippen LogP) is 5.84. The van der Waals surface area contributed by atoms with Crippen LogP contribution in [0, 0.1) is 0 Å². The van der Waals surface area contributed by atoms with Gasteiger partial charge in [-0.05, 0) is 29.6 Å². The van der Waals surface area contributed by atoms with Gasteiger partial charge in [-0.1, -0.05) is 99.9 Å². The molecule has 0 bridgehead atoms. The first-order chi connectivity index (χ1) is 19.9. The number of carbonyl (C=O) groups excluding carboxylic acids is 2. The van der Waals surface area contributed by atoms with Gasteiger partial charge in [-0.3, -0.25) is 10.1 Å². The Balaban J connectivity index is 1.88. The van der Waals surface area contributed by atoms with Crippen LogP contribution in [0.5, 0.6) is 0 Å². The lowest BCUT2D eigenvalue weighted by molar-refractivity contribution is -0.185. The van der Waals surface area contributed by atoms with Gasteiger partial charge in [0.2, 0.25) is 0 Å². The van der Waals surface area contributed by atoms with Crippen molar-refractivity contribution >= 4 is 28.1 Å². The molecule has 3 amide bonds. The van der Waals surface area contributed by atoms with Gasteiger partial charge < -0.3 is 24.3 Å². The zero-order valence-electron chi connectivity index (χ0n) is 26.2. The number of urea groups is 1. The minimum atomic E-state index is -1.39. The van der Waals surface area contributed by atoms with Crippen LogP contribution in [0.1, 0.15) is 17.5 Å². The van der Waals surface area contributed by atoms with Gasteiger partial charge in [0.1, 0.15) is 13.6 Å². The van der Waals surface area contributed by atoms with Gasteiger partial charge in [0.05, 0.1) is 12.1 Å². The van der Waals surface area contributed by atoms with Crippen molar-refractivity contribution in [2.45, 2.75) is 88.4 Å². The van der Waals surface area contributed by atoms with E-state index in [1.165, 1.54) is 0 Å². The highest BCUT2D eigenvalue weighted by Gasteiger charge is 2.47. The third-order valence-electron chi connectivity index (χ3n) is 7.34. The highest BCUT2D eigenvalue weighted by Crippen LogP contribution is 2.30. The SMILES string of the molecule is C[Si](C)(C)CCOCOC1CC(Cc2ccccc2)(OCOCC[Si](C)(C)C)C(=O)NC(=O)NC1Cc1ccccc1. The van der Waals surface area contributed by atoms with Crippen LogP contribution in [-0.2, 0) is 36.6 Å². The van der Waals surface area contributed by atoms with Crippen LogP contribution in [0.3, 0.4) is 0 Å². The molecule has 1 saturated heterocycles. The Morgan fingerprint density at radius 2 is 1.33 bits per heavy atom. The molecule has 2 N–H and O–H groups in total. The van der Waals surface area contributed by atoms with E-state index in [0.29, 0.717) is 19.6 Å². The van der Waals surface area contributed by atoms with Crippen LogP contribution < -0.4 is 10.6 Å². The van der Waals surface area contributed by atoms with Gasteiger partial charge in [0.25, 0.3) is 5.91 Å². The Bertz CT molecular complexity index is 1110.